The lowest BCUT2D eigenvalue weighted by molar-refractivity contribution is 0.925. The molecule has 0 aliphatic heterocycles. The number of hydrogen-bond donors (Lipinski definition) is 0. The van der Waals surface area contributed by atoms with Crippen LogP contribution in [0.25, 0.3) is 0 Å². The van der Waals surface area contributed by atoms with Crippen LogP contribution in [0, 0.1) is 0 Å². The van der Waals surface area contributed by atoms with Gasteiger partial charge in [0.15, 0.2) is 0 Å². The summed E-state index contributed by atoms with van der Waals surface area (Å²) in [6, 6.07) is 19.7. The molecule has 0 saturated heterocycles. The largest absolute Gasteiger partial charge is 0.298 e. The monoisotopic (exact) mass is 279 g/mol. The second kappa shape index (κ2) is 9.12. The van der Waals surface area contributed by atoms with E-state index in [0.29, 0.717) is 0 Å². The van der Waals surface area contributed by atoms with E-state index < -0.39 is 0 Å². The highest BCUT2D eigenvalue weighted by molar-refractivity contribution is 5.57. The van der Waals surface area contributed by atoms with Gasteiger partial charge in [0, 0.05) is 6.54 Å². The molecule has 0 aliphatic carbocycles. The van der Waals surface area contributed by atoms with E-state index >= 15 is 0 Å². The predicted molar refractivity (Wildman–Crippen MR) is 92.3 cm³/mol. The van der Waals surface area contributed by atoms with Crippen LogP contribution in [-0.2, 0) is 19.3 Å². The first-order chi connectivity index (χ1) is 10.4. The molecule has 0 fully saturated rings. The minimum atomic E-state index is 0.957. The summed E-state index contributed by atoms with van der Waals surface area (Å²) in [5.74, 6) is 0. The molecule has 0 saturated carbocycles. The van der Waals surface area contributed by atoms with Crippen molar-refractivity contribution in [1.29, 1.82) is 0 Å². The maximum atomic E-state index is 4.36. The van der Waals surface area contributed by atoms with Gasteiger partial charge in [-0.15, -0.1) is 0 Å². The van der Waals surface area contributed by atoms with Crippen LogP contribution in [0.5, 0.6) is 0 Å². The number of nitrogens with zero attached hydrogens (tertiary/aromatic N) is 1. The van der Waals surface area contributed by atoms with Crippen molar-refractivity contribution < 1.29 is 0 Å². The number of hydrogen-bond acceptors (Lipinski definition) is 1. The summed E-state index contributed by atoms with van der Waals surface area (Å²) in [6.45, 7) is 3.12. The van der Waals surface area contributed by atoms with E-state index in [9.17, 15) is 0 Å². The van der Waals surface area contributed by atoms with E-state index in [0.717, 1.165) is 38.6 Å². The third-order valence-corrected chi connectivity index (χ3v) is 3.61. The molecular weight excluding hydrogens is 254 g/mol. The topological polar surface area (TPSA) is 12.4 Å². The number of rotatable bonds is 8. The van der Waals surface area contributed by atoms with Gasteiger partial charge in [-0.25, -0.2) is 0 Å². The molecule has 0 aliphatic rings. The highest BCUT2D eigenvalue weighted by atomic mass is 14.7. The van der Waals surface area contributed by atoms with Crippen LogP contribution in [-0.4, -0.2) is 12.8 Å². The molecule has 0 spiro atoms. The van der Waals surface area contributed by atoms with Crippen LogP contribution < -0.4 is 0 Å². The van der Waals surface area contributed by atoms with Crippen molar-refractivity contribution in [2.75, 3.05) is 6.54 Å². The van der Waals surface area contributed by atoms with Crippen molar-refractivity contribution >= 4 is 6.21 Å². The van der Waals surface area contributed by atoms with Crippen LogP contribution >= 0.6 is 0 Å². The van der Waals surface area contributed by atoms with Crippen molar-refractivity contribution in [3.63, 3.8) is 0 Å². The smallest absolute Gasteiger partial charge is 0.0382 e. The Bertz CT molecular complexity index is 526. The third-order valence-electron chi connectivity index (χ3n) is 3.61. The molecule has 2 aromatic rings. The molecule has 0 aromatic heterocycles. The van der Waals surface area contributed by atoms with Crippen molar-refractivity contribution in [1.82, 2.24) is 0 Å². The quantitative estimate of drug-likeness (QED) is 0.610. The van der Waals surface area contributed by atoms with Gasteiger partial charge in [0.2, 0.25) is 0 Å². The Balaban J connectivity index is 1.76. The molecule has 2 rings (SSSR count). The van der Waals surface area contributed by atoms with E-state index in [1.54, 1.807) is 0 Å². The fraction of sp³-hybridized carbons (Fsp3) is 0.350. The molecule has 0 unspecified atom stereocenters. The standard InChI is InChI=1S/C20H25N/c1-2-16-21-17-6-9-19-11-14-20(15-12-19)13-10-18-7-4-3-5-8-18/h3-5,7-8,11-12,14-15,17H,2,6,9-10,13,16H2,1H3. The number of aliphatic imine (C=N–C) groups is 1. The van der Waals surface area contributed by atoms with E-state index in [1.165, 1.54) is 16.7 Å². The average Bonchev–Trinajstić information content (AvgIpc) is 2.55. The Hall–Kier alpha value is -1.89. The second-order valence-electron chi connectivity index (χ2n) is 5.43. The van der Waals surface area contributed by atoms with Crippen LogP contribution in [0.4, 0.5) is 0 Å². The maximum absolute atomic E-state index is 4.36. The fourth-order valence-electron chi connectivity index (χ4n) is 2.35. The minimum Gasteiger partial charge on any atom is -0.298 e. The Kier molecular flexibility index (Phi) is 6.73. The van der Waals surface area contributed by atoms with Gasteiger partial charge in [-0.05, 0) is 55.0 Å². The van der Waals surface area contributed by atoms with Gasteiger partial charge in [-0.3, -0.25) is 4.99 Å². The molecule has 0 amide bonds. The molecule has 21 heavy (non-hydrogen) atoms. The average molecular weight is 279 g/mol. The van der Waals surface area contributed by atoms with Gasteiger partial charge in [0.1, 0.15) is 0 Å². The summed E-state index contributed by atoms with van der Waals surface area (Å²) in [5.41, 5.74) is 4.23. The van der Waals surface area contributed by atoms with Crippen molar-refractivity contribution in [2.24, 2.45) is 4.99 Å². The first-order valence-corrected chi connectivity index (χ1v) is 7.98. The van der Waals surface area contributed by atoms with E-state index in [-0.39, 0.29) is 0 Å². The number of benzene rings is 2. The first-order valence-electron chi connectivity index (χ1n) is 7.98. The van der Waals surface area contributed by atoms with E-state index in [2.05, 4.69) is 72.7 Å². The molecule has 0 atom stereocenters. The predicted octanol–water partition coefficient (Wildman–Crippen LogP) is 4.89. The van der Waals surface area contributed by atoms with Gasteiger partial charge < -0.3 is 0 Å². The zero-order valence-corrected chi connectivity index (χ0v) is 13.0. The molecular formula is C20H25N. The highest BCUT2D eigenvalue weighted by Crippen LogP contribution is 2.10. The van der Waals surface area contributed by atoms with Gasteiger partial charge in [-0.1, -0.05) is 61.5 Å². The lowest BCUT2D eigenvalue weighted by Crippen LogP contribution is -1.92. The van der Waals surface area contributed by atoms with Crippen molar-refractivity contribution in [3.05, 3.63) is 71.3 Å². The second-order valence-corrected chi connectivity index (χ2v) is 5.43. The van der Waals surface area contributed by atoms with Gasteiger partial charge in [0.25, 0.3) is 0 Å². The fourth-order valence-corrected chi connectivity index (χ4v) is 2.35. The molecule has 0 bridgehead atoms. The summed E-state index contributed by atoms with van der Waals surface area (Å²) in [6.07, 6.45) is 7.56. The lowest BCUT2D eigenvalue weighted by Gasteiger charge is -2.04. The van der Waals surface area contributed by atoms with Crippen LogP contribution in [0.3, 0.4) is 0 Å². The molecule has 0 radical (unpaired) electrons. The Morgan fingerprint density at radius 2 is 1.33 bits per heavy atom. The van der Waals surface area contributed by atoms with Gasteiger partial charge >= 0.3 is 0 Å². The van der Waals surface area contributed by atoms with Gasteiger partial charge in [0.05, 0.1) is 0 Å². The molecule has 1 heteroatoms. The van der Waals surface area contributed by atoms with Crippen LogP contribution in [0.2, 0.25) is 0 Å². The zero-order chi connectivity index (χ0) is 14.8. The summed E-state index contributed by atoms with van der Waals surface area (Å²) in [5, 5.41) is 0. The Morgan fingerprint density at radius 1 is 0.762 bits per heavy atom. The van der Waals surface area contributed by atoms with Crippen LogP contribution in [0.1, 0.15) is 36.5 Å². The Labute approximate surface area is 128 Å². The molecule has 1 nitrogen and oxygen atoms in total. The minimum absolute atomic E-state index is 0.957. The number of aryl methyl sites for hydroxylation is 3. The molecule has 2 aromatic carbocycles. The zero-order valence-electron chi connectivity index (χ0n) is 13.0. The van der Waals surface area contributed by atoms with E-state index in [4.69, 9.17) is 0 Å². The summed E-state index contributed by atoms with van der Waals surface area (Å²) >= 11 is 0. The maximum Gasteiger partial charge on any atom is 0.0382 e. The summed E-state index contributed by atoms with van der Waals surface area (Å²) in [7, 11) is 0. The summed E-state index contributed by atoms with van der Waals surface area (Å²) < 4.78 is 0. The summed E-state index contributed by atoms with van der Waals surface area (Å²) in [4.78, 5) is 4.36. The van der Waals surface area contributed by atoms with Crippen molar-refractivity contribution in [3.8, 4) is 0 Å². The van der Waals surface area contributed by atoms with Crippen LogP contribution in [0.15, 0.2) is 59.6 Å². The van der Waals surface area contributed by atoms with Crippen molar-refractivity contribution in [2.45, 2.75) is 39.0 Å². The van der Waals surface area contributed by atoms with E-state index in [1.807, 2.05) is 0 Å². The first kappa shape index (κ1) is 15.5. The van der Waals surface area contributed by atoms with Gasteiger partial charge in [-0.2, -0.15) is 0 Å². The molecule has 0 N–H and O–H groups in total. The normalized spacial score (nSPS) is 11.1. The lowest BCUT2D eigenvalue weighted by atomic mass is 10.0. The molecule has 0 heterocycles. The SMILES string of the molecule is CCCN=CCCc1ccc(CCc2ccccc2)cc1. The Morgan fingerprint density at radius 3 is 1.95 bits per heavy atom. The molecule has 110 valence electrons. The highest BCUT2D eigenvalue weighted by Gasteiger charge is 1.97. The third kappa shape index (κ3) is 5.95.